The van der Waals surface area contributed by atoms with Crippen molar-refractivity contribution in [2.24, 2.45) is 23.2 Å². The lowest BCUT2D eigenvalue weighted by Gasteiger charge is -2.45. The quantitative estimate of drug-likeness (QED) is 0.0506. The number of aryl methyl sites for hydroxylation is 1. The molecule has 0 unspecified atom stereocenters. The Balaban J connectivity index is 1.46. The summed E-state index contributed by atoms with van der Waals surface area (Å²) < 4.78 is 15.4. The number of nitrogens with zero attached hydrogens (tertiary/aromatic N) is 1. The van der Waals surface area contributed by atoms with Gasteiger partial charge in [0.15, 0.2) is 29.4 Å². The number of hydrogen-bond donors (Lipinski definition) is 0. The molecule has 3 saturated carbocycles. The van der Waals surface area contributed by atoms with Crippen LogP contribution >= 0.6 is 0 Å². The molecule has 3 aliphatic carbocycles. The summed E-state index contributed by atoms with van der Waals surface area (Å²) in [7, 11) is -3.95. The summed E-state index contributed by atoms with van der Waals surface area (Å²) in [6, 6.07) is 10.6. The molecule has 3 fully saturated rings. The van der Waals surface area contributed by atoms with E-state index >= 15 is 0 Å². The highest BCUT2D eigenvalue weighted by Crippen LogP contribution is 2.59. The van der Waals surface area contributed by atoms with Gasteiger partial charge in [-0.05, 0) is 128 Å². The average Bonchev–Trinajstić information content (AvgIpc) is 3.39. The lowest BCUT2D eigenvalue weighted by molar-refractivity contribution is -0.454. The predicted molar refractivity (Wildman–Crippen MR) is 225 cm³/mol. The molecule has 3 aliphatic rings. The van der Waals surface area contributed by atoms with Gasteiger partial charge in [0, 0.05) is 19.3 Å². The van der Waals surface area contributed by atoms with Crippen molar-refractivity contribution >= 4 is 22.8 Å². The van der Waals surface area contributed by atoms with Crippen molar-refractivity contribution in [1.29, 1.82) is 0 Å². The van der Waals surface area contributed by atoms with E-state index in [1.165, 1.54) is 53.6 Å². The summed E-state index contributed by atoms with van der Waals surface area (Å²) in [5.41, 5.74) is 5.77. The molecular formula is C45H75NO3Si2. The minimum absolute atomic E-state index is 0.00749. The van der Waals surface area contributed by atoms with Gasteiger partial charge in [-0.2, -0.15) is 0 Å². The molecule has 0 N–H and O–H groups in total. The van der Waals surface area contributed by atoms with Gasteiger partial charge in [0.1, 0.15) is 0 Å². The average molecular weight is 734 g/mol. The van der Waals surface area contributed by atoms with Crippen molar-refractivity contribution < 1.29 is 13.6 Å². The van der Waals surface area contributed by atoms with Gasteiger partial charge in [0.25, 0.3) is 0 Å². The van der Waals surface area contributed by atoms with Crippen molar-refractivity contribution in [3.8, 4) is 0 Å². The van der Waals surface area contributed by atoms with E-state index in [0.29, 0.717) is 29.7 Å². The van der Waals surface area contributed by atoms with Crippen LogP contribution in [-0.2, 0) is 15.3 Å². The maximum absolute atomic E-state index is 12.8. The van der Waals surface area contributed by atoms with Crippen LogP contribution in [0.4, 0.5) is 0 Å². The maximum atomic E-state index is 12.8. The largest absolute Gasteiger partial charge is 0.624 e. The molecule has 1 aromatic rings. The Kier molecular flexibility index (Phi) is 13.8. The Bertz CT molecular complexity index is 1410. The highest BCUT2D eigenvalue weighted by molar-refractivity contribution is 6.74. The van der Waals surface area contributed by atoms with Crippen LogP contribution in [0.5, 0.6) is 0 Å². The first-order valence-corrected chi connectivity index (χ1v) is 26.2. The van der Waals surface area contributed by atoms with Crippen LogP contribution in [0.2, 0.25) is 36.3 Å². The second-order valence-corrected chi connectivity index (χ2v) is 29.4. The molecule has 0 amide bonds. The predicted octanol–water partition coefficient (Wildman–Crippen LogP) is 12.8. The molecule has 0 aliphatic heterocycles. The van der Waals surface area contributed by atoms with E-state index < -0.39 is 16.6 Å². The molecule has 1 aromatic carbocycles. The summed E-state index contributed by atoms with van der Waals surface area (Å²) in [6.45, 7) is 33.7. The van der Waals surface area contributed by atoms with Gasteiger partial charge in [-0.1, -0.05) is 110 Å². The van der Waals surface area contributed by atoms with Crippen LogP contribution in [-0.4, -0.2) is 46.3 Å². The van der Waals surface area contributed by atoms with Crippen LogP contribution in [0, 0.1) is 28.4 Å². The van der Waals surface area contributed by atoms with E-state index in [9.17, 15) is 5.21 Å². The van der Waals surface area contributed by atoms with Gasteiger partial charge in [-0.15, -0.1) is 0 Å². The van der Waals surface area contributed by atoms with E-state index in [1.54, 1.807) is 5.57 Å². The monoisotopic (exact) mass is 734 g/mol. The lowest BCUT2D eigenvalue weighted by atomic mass is 9.61. The van der Waals surface area contributed by atoms with Gasteiger partial charge in [-0.25, -0.2) is 4.74 Å². The van der Waals surface area contributed by atoms with Gasteiger partial charge in [-0.3, -0.25) is 0 Å². The van der Waals surface area contributed by atoms with Crippen molar-refractivity contribution in [1.82, 2.24) is 0 Å². The normalized spacial score (nSPS) is 29.1. The SMILES string of the molecule is C=C1/C(=C\C=C2/CCC[C@]3(C)[C@@H]([C@H](C)C/C=[N+](\[O-])CCCCc4ccccc4)CC[C@@H]23)C[C@@H](O[Si](C)(C)C(C)(C)C)C[C@@H]1O[Si](C)(C)C(C)(C)C. The summed E-state index contributed by atoms with van der Waals surface area (Å²) >= 11 is 0. The number of unbranched alkanes of at least 4 members (excludes halogenated alkanes) is 1. The van der Waals surface area contributed by atoms with Crippen LogP contribution < -0.4 is 0 Å². The smallest absolute Gasteiger partial charge is 0.192 e. The molecule has 0 radical (unpaired) electrons. The summed E-state index contributed by atoms with van der Waals surface area (Å²) in [6.07, 6.45) is 19.0. The maximum Gasteiger partial charge on any atom is 0.192 e. The first-order chi connectivity index (χ1) is 23.6. The topological polar surface area (TPSA) is 44.5 Å². The lowest BCUT2D eigenvalue weighted by Crippen LogP contribution is -2.49. The first-order valence-electron chi connectivity index (χ1n) is 20.4. The summed E-state index contributed by atoms with van der Waals surface area (Å²) in [5.74, 6) is 1.78. The fourth-order valence-electron chi connectivity index (χ4n) is 8.76. The third-order valence-corrected chi connectivity index (χ3v) is 23.1. The Labute approximate surface area is 316 Å². The fraction of sp³-hybridized carbons (Fsp3) is 0.711. The minimum Gasteiger partial charge on any atom is -0.624 e. The first kappa shape index (κ1) is 42.0. The molecule has 0 saturated heterocycles. The van der Waals surface area contributed by atoms with Crippen LogP contribution in [0.3, 0.4) is 0 Å². The Hall–Kier alpha value is -1.74. The molecule has 6 atom stereocenters. The Morgan fingerprint density at radius 2 is 1.61 bits per heavy atom. The van der Waals surface area contributed by atoms with E-state index in [-0.39, 0.29) is 22.3 Å². The number of rotatable bonds is 13. The molecular weight excluding hydrogens is 659 g/mol. The van der Waals surface area contributed by atoms with E-state index in [4.69, 9.17) is 15.4 Å². The molecule has 4 nitrogen and oxygen atoms in total. The van der Waals surface area contributed by atoms with Gasteiger partial charge in [0.2, 0.25) is 0 Å². The fourth-order valence-corrected chi connectivity index (χ4v) is 11.4. The molecule has 286 valence electrons. The van der Waals surface area contributed by atoms with E-state index in [0.717, 1.165) is 38.5 Å². The second kappa shape index (κ2) is 16.7. The van der Waals surface area contributed by atoms with Gasteiger partial charge in [0.05, 0.1) is 12.2 Å². The number of hydroxylamine groups is 1. The highest BCUT2D eigenvalue weighted by atomic mass is 28.4. The Morgan fingerprint density at radius 1 is 0.961 bits per heavy atom. The molecule has 0 bridgehead atoms. The van der Waals surface area contributed by atoms with Crippen LogP contribution in [0.15, 0.2) is 65.8 Å². The van der Waals surface area contributed by atoms with Gasteiger partial charge < -0.3 is 14.1 Å². The zero-order chi connectivity index (χ0) is 37.8. The molecule has 0 heterocycles. The molecule has 0 spiro atoms. The second-order valence-electron chi connectivity index (χ2n) is 19.8. The van der Waals surface area contributed by atoms with Crippen molar-refractivity contribution in [2.75, 3.05) is 6.54 Å². The van der Waals surface area contributed by atoms with Crippen molar-refractivity contribution in [3.63, 3.8) is 0 Å². The number of hydrogen-bond acceptors (Lipinski definition) is 3. The zero-order valence-electron chi connectivity index (χ0n) is 34.9. The standard InChI is InChI=1S/C45H75NO3Si2/c1-34(28-31-46(47)30-18-17-22-36-20-15-14-16-21-36)40-26-27-41-37(23-19-29-45(40,41)9)24-25-38-32-39(48-50(10,11)43(3,4)5)33-42(35(38)2)49-51(12,13)44(6,7)8/h14-16,20-21,24-25,31,34,39-42H,2,17-19,22-23,26-30,32-33H2,1,3-13H3/b37-24+,38-25-,46-31-/t34-,39-,40-,41+,42+,45-/m1/s1. The number of allylic oxidation sites excluding steroid dienone is 3. The number of benzene rings is 1. The van der Waals surface area contributed by atoms with Crippen molar-refractivity contribution in [3.05, 3.63) is 76.6 Å². The van der Waals surface area contributed by atoms with Crippen LogP contribution in [0.25, 0.3) is 0 Å². The zero-order valence-corrected chi connectivity index (χ0v) is 36.9. The third-order valence-electron chi connectivity index (χ3n) is 14.1. The summed E-state index contributed by atoms with van der Waals surface area (Å²) in [4.78, 5) is 0. The minimum atomic E-state index is -2.00. The van der Waals surface area contributed by atoms with Gasteiger partial charge >= 0.3 is 0 Å². The van der Waals surface area contributed by atoms with Crippen molar-refractivity contribution in [2.45, 2.75) is 174 Å². The molecule has 51 heavy (non-hydrogen) atoms. The molecule has 0 aromatic heterocycles. The molecule has 4 rings (SSSR count). The highest BCUT2D eigenvalue weighted by Gasteiger charge is 2.51. The van der Waals surface area contributed by atoms with E-state index in [1.807, 2.05) is 6.21 Å². The third kappa shape index (κ3) is 10.5. The summed E-state index contributed by atoms with van der Waals surface area (Å²) in [5, 5.41) is 13.1. The Morgan fingerprint density at radius 3 is 2.25 bits per heavy atom. The molecule has 6 heteroatoms. The van der Waals surface area contributed by atoms with E-state index in [2.05, 4.69) is 124 Å². The number of fused-ring (bicyclic) bond motifs is 1. The van der Waals surface area contributed by atoms with Crippen LogP contribution in [0.1, 0.15) is 125 Å².